The van der Waals surface area contributed by atoms with E-state index >= 15 is 0 Å². The first-order chi connectivity index (χ1) is 12.5. The summed E-state index contributed by atoms with van der Waals surface area (Å²) < 4.78 is 7.19. The maximum atomic E-state index is 13.0. The lowest BCUT2D eigenvalue weighted by molar-refractivity contribution is -0.150. The Morgan fingerprint density at radius 2 is 2.00 bits per heavy atom. The number of amides is 1. The Morgan fingerprint density at radius 1 is 1.23 bits per heavy atom. The van der Waals surface area contributed by atoms with Crippen LogP contribution in [0.15, 0.2) is 47.1 Å². The van der Waals surface area contributed by atoms with Crippen LogP contribution in [0, 0.1) is 6.92 Å². The number of likely N-dealkylation sites (tertiary alicyclic amines) is 1. The topological polar surface area (TPSA) is 88.6 Å². The zero-order valence-corrected chi connectivity index (χ0v) is 14.4. The highest BCUT2D eigenvalue weighted by Gasteiger charge is 2.45. The maximum Gasteiger partial charge on any atom is 0.331 e. The Kier molecular flexibility index (Phi) is 3.79. The summed E-state index contributed by atoms with van der Waals surface area (Å²) in [5, 5.41) is 14.8. The van der Waals surface area contributed by atoms with E-state index in [0.29, 0.717) is 37.1 Å². The number of hydrogen-bond donors (Lipinski definition) is 1. The van der Waals surface area contributed by atoms with Crippen LogP contribution >= 0.6 is 0 Å². The average Bonchev–Trinajstić information content (AvgIpc) is 3.29. The molecule has 1 saturated heterocycles. The van der Waals surface area contributed by atoms with Gasteiger partial charge in [0.05, 0.1) is 5.56 Å². The van der Waals surface area contributed by atoms with Gasteiger partial charge in [-0.25, -0.2) is 4.79 Å². The van der Waals surface area contributed by atoms with Crippen molar-refractivity contribution >= 4 is 22.8 Å². The SMILES string of the molecule is Cc1cc2cccc(C(=O)N3CCC(C(=O)O)(n4cccn4)CC3)c2o1. The van der Waals surface area contributed by atoms with Gasteiger partial charge < -0.3 is 14.4 Å². The van der Waals surface area contributed by atoms with Crippen molar-refractivity contribution in [2.24, 2.45) is 0 Å². The van der Waals surface area contributed by atoms with E-state index in [2.05, 4.69) is 5.10 Å². The van der Waals surface area contributed by atoms with E-state index in [0.717, 1.165) is 11.1 Å². The van der Waals surface area contributed by atoms with Crippen LogP contribution in [-0.2, 0) is 10.3 Å². The van der Waals surface area contributed by atoms with Crippen LogP contribution < -0.4 is 0 Å². The molecule has 0 bridgehead atoms. The lowest BCUT2D eigenvalue weighted by Gasteiger charge is -2.38. The molecule has 0 atom stereocenters. The fourth-order valence-electron chi connectivity index (χ4n) is 3.67. The van der Waals surface area contributed by atoms with Gasteiger partial charge >= 0.3 is 5.97 Å². The summed E-state index contributed by atoms with van der Waals surface area (Å²) in [7, 11) is 0. The van der Waals surface area contributed by atoms with Gasteiger partial charge in [0, 0.05) is 43.7 Å². The Morgan fingerprint density at radius 3 is 2.65 bits per heavy atom. The van der Waals surface area contributed by atoms with Crippen LogP contribution in [-0.4, -0.2) is 44.8 Å². The van der Waals surface area contributed by atoms with Gasteiger partial charge in [-0.3, -0.25) is 9.48 Å². The molecule has 134 valence electrons. The Balaban J connectivity index is 1.59. The number of piperidine rings is 1. The minimum Gasteiger partial charge on any atom is -0.479 e. The van der Waals surface area contributed by atoms with Crippen molar-refractivity contribution < 1.29 is 19.1 Å². The molecule has 26 heavy (non-hydrogen) atoms. The smallest absolute Gasteiger partial charge is 0.331 e. The summed E-state index contributed by atoms with van der Waals surface area (Å²) in [6.07, 6.45) is 3.85. The number of carbonyl (C=O) groups excluding carboxylic acids is 1. The molecule has 1 amide bonds. The number of hydrogen-bond acceptors (Lipinski definition) is 4. The summed E-state index contributed by atoms with van der Waals surface area (Å²) in [5.74, 6) is -0.302. The summed E-state index contributed by atoms with van der Waals surface area (Å²) in [6, 6.07) is 9.10. The van der Waals surface area contributed by atoms with Crippen molar-refractivity contribution in [3.8, 4) is 0 Å². The van der Waals surface area contributed by atoms with Crippen LogP contribution in [0.3, 0.4) is 0 Å². The average molecular weight is 353 g/mol. The van der Waals surface area contributed by atoms with Crippen LogP contribution in [0.25, 0.3) is 11.0 Å². The molecule has 0 saturated carbocycles. The van der Waals surface area contributed by atoms with E-state index < -0.39 is 11.5 Å². The standard InChI is InChI=1S/C19H19N3O4/c1-13-12-14-4-2-5-15(16(14)26-13)17(23)21-10-6-19(7-11-21,18(24)25)22-9-3-8-20-22/h2-5,8-9,12H,6-7,10-11H2,1H3,(H,24,25). The molecule has 1 aliphatic rings. The zero-order valence-electron chi connectivity index (χ0n) is 14.4. The molecule has 3 heterocycles. The highest BCUT2D eigenvalue weighted by Crippen LogP contribution is 2.32. The number of furan rings is 1. The van der Waals surface area contributed by atoms with Gasteiger partial charge in [-0.15, -0.1) is 0 Å². The summed E-state index contributed by atoms with van der Waals surface area (Å²) in [5.41, 5.74) is -0.0113. The number of benzene rings is 1. The fraction of sp³-hybridized carbons (Fsp3) is 0.316. The molecule has 7 heteroatoms. The van der Waals surface area contributed by atoms with Gasteiger partial charge in [-0.05, 0) is 25.1 Å². The third-order valence-electron chi connectivity index (χ3n) is 5.12. The summed E-state index contributed by atoms with van der Waals surface area (Å²) >= 11 is 0. The number of aliphatic carboxylic acids is 1. The fourth-order valence-corrected chi connectivity index (χ4v) is 3.67. The molecule has 3 aromatic rings. The van der Waals surface area contributed by atoms with Crippen molar-refractivity contribution in [3.05, 3.63) is 54.0 Å². The maximum absolute atomic E-state index is 13.0. The van der Waals surface area contributed by atoms with Crippen LogP contribution in [0.2, 0.25) is 0 Å². The molecular weight excluding hydrogens is 334 g/mol. The number of fused-ring (bicyclic) bond motifs is 1. The molecule has 0 unspecified atom stereocenters. The predicted molar refractivity (Wildman–Crippen MR) is 93.9 cm³/mol. The summed E-state index contributed by atoms with van der Waals surface area (Å²) in [6.45, 7) is 2.54. The first-order valence-electron chi connectivity index (χ1n) is 8.53. The minimum absolute atomic E-state index is 0.135. The Hall–Kier alpha value is -3.09. The molecule has 1 aliphatic heterocycles. The normalized spacial score (nSPS) is 16.7. The van der Waals surface area contributed by atoms with Crippen LogP contribution in [0.5, 0.6) is 0 Å². The molecule has 0 aliphatic carbocycles. The van der Waals surface area contributed by atoms with Crippen molar-refractivity contribution in [2.75, 3.05) is 13.1 Å². The second kappa shape index (κ2) is 6.01. The van der Waals surface area contributed by atoms with Crippen LogP contribution in [0.4, 0.5) is 0 Å². The van der Waals surface area contributed by atoms with Gasteiger partial charge in [-0.2, -0.15) is 5.10 Å². The van der Waals surface area contributed by atoms with Gasteiger partial charge in [0.2, 0.25) is 0 Å². The first-order valence-corrected chi connectivity index (χ1v) is 8.53. The highest BCUT2D eigenvalue weighted by molar-refractivity contribution is 6.05. The first kappa shape index (κ1) is 16.4. The van der Waals surface area contributed by atoms with Crippen molar-refractivity contribution in [3.63, 3.8) is 0 Å². The number of nitrogens with zero attached hydrogens (tertiary/aromatic N) is 3. The zero-order chi connectivity index (χ0) is 18.3. The van der Waals surface area contributed by atoms with Gasteiger partial charge in [0.25, 0.3) is 5.91 Å². The second-order valence-corrected chi connectivity index (χ2v) is 6.66. The minimum atomic E-state index is -1.10. The molecule has 0 radical (unpaired) electrons. The van der Waals surface area contributed by atoms with E-state index in [1.165, 1.54) is 4.68 Å². The quantitative estimate of drug-likeness (QED) is 0.782. The van der Waals surface area contributed by atoms with Crippen molar-refractivity contribution in [2.45, 2.75) is 25.3 Å². The molecule has 2 aromatic heterocycles. The number of aryl methyl sites for hydroxylation is 1. The number of para-hydroxylation sites is 1. The number of carboxylic acids is 1. The molecule has 1 aromatic carbocycles. The molecule has 4 rings (SSSR count). The van der Waals surface area contributed by atoms with E-state index in [4.69, 9.17) is 4.42 Å². The lowest BCUT2D eigenvalue weighted by Crippen LogP contribution is -2.52. The third-order valence-corrected chi connectivity index (χ3v) is 5.12. The molecule has 1 N–H and O–H groups in total. The molecule has 1 fully saturated rings. The summed E-state index contributed by atoms with van der Waals surface area (Å²) in [4.78, 5) is 26.6. The molecule has 0 spiro atoms. The third kappa shape index (κ3) is 2.47. The Labute approximate surface area is 149 Å². The highest BCUT2D eigenvalue weighted by atomic mass is 16.4. The largest absolute Gasteiger partial charge is 0.479 e. The monoisotopic (exact) mass is 353 g/mol. The number of carbonyl (C=O) groups is 2. The number of carboxylic acid groups (broad SMARTS) is 1. The van der Waals surface area contributed by atoms with E-state index in [9.17, 15) is 14.7 Å². The molecule has 7 nitrogen and oxygen atoms in total. The molecular formula is C19H19N3O4. The predicted octanol–water partition coefficient (Wildman–Crippen LogP) is 2.65. The van der Waals surface area contributed by atoms with E-state index in [1.54, 1.807) is 29.4 Å². The number of aromatic nitrogens is 2. The van der Waals surface area contributed by atoms with Gasteiger partial charge in [0.15, 0.2) is 5.54 Å². The van der Waals surface area contributed by atoms with Crippen LogP contribution in [0.1, 0.15) is 29.0 Å². The van der Waals surface area contributed by atoms with E-state index in [1.807, 2.05) is 25.1 Å². The Bertz CT molecular complexity index is 966. The number of rotatable bonds is 3. The lowest BCUT2D eigenvalue weighted by atomic mass is 9.87. The van der Waals surface area contributed by atoms with Gasteiger partial charge in [-0.1, -0.05) is 12.1 Å². The van der Waals surface area contributed by atoms with Crippen molar-refractivity contribution in [1.29, 1.82) is 0 Å². The van der Waals surface area contributed by atoms with E-state index in [-0.39, 0.29) is 5.91 Å². The second-order valence-electron chi connectivity index (χ2n) is 6.66. The van der Waals surface area contributed by atoms with Crippen molar-refractivity contribution in [1.82, 2.24) is 14.7 Å². The van der Waals surface area contributed by atoms with Gasteiger partial charge in [0.1, 0.15) is 11.3 Å².